The first-order chi connectivity index (χ1) is 6.59. The SMILES string of the molecule is CC(C)CCC[C@@H]1C[C@H]1CNC(C)C. The van der Waals surface area contributed by atoms with Gasteiger partial charge in [0.2, 0.25) is 0 Å². The number of hydrogen-bond acceptors (Lipinski definition) is 1. The number of rotatable bonds is 7. The molecule has 1 aliphatic carbocycles. The predicted molar refractivity (Wildman–Crippen MR) is 63.4 cm³/mol. The molecule has 0 aromatic carbocycles. The summed E-state index contributed by atoms with van der Waals surface area (Å²) in [5.41, 5.74) is 0. The maximum atomic E-state index is 3.54. The van der Waals surface area contributed by atoms with Crippen molar-refractivity contribution in [1.29, 1.82) is 0 Å². The molecule has 0 aliphatic heterocycles. The van der Waals surface area contributed by atoms with Crippen LogP contribution in [-0.4, -0.2) is 12.6 Å². The summed E-state index contributed by atoms with van der Waals surface area (Å²) in [6, 6.07) is 0.659. The van der Waals surface area contributed by atoms with Gasteiger partial charge in [0, 0.05) is 6.04 Å². The zero-order chi connectivity index (χ0) is 10.6. The minimum atomic E-state index is 0.659. The quantitative estimate of drug-likeness (QED) is 0.659. The van der Waals surface area contributed by atoms with Crippen LogP contribution in [-0.2, 0) is 0 Å². The standard InChI is InChI=1S/C13H27N/c1-10(2)6-5-7-12-8-13(12)9-14-11(3)4/h10-14H,5-9H2,1-4H3/t12-,13+/m1/s1. The minimum absolute atomic E-state index is 0.659. The van der Waals surface area contributed by atoms with Gasteiger partial charge in [-0.2, -0.15) is 0 Å². The molecule has 1 fully saturated rings. The van der Waals surface area contributed by atoms with Crippen LogP contribution in [0.4, 0.5) is 0 Å². The first kappa shape index (κ1) is 12.0. The van der Waals surface area contributed by atoms with E-state index in [0.717, 1.165) is 17.8 Å². The maximum Gasteiger partial charge on any atom is 0.00104 e. The Hall–Kier alpha value is -0.0400. The summed E-state index contributed by atoms with van der Waals surface area (Å²) >= 11 is 0. The summed E-state index contributed by atoms with van der Waals surface area (Å²) in [5, 5.41) is 3.54. The van der Waals surface area contributed by atoms with E-state index in [2.05, 4.69) is 33.0 Å². The van der Waals surface area contributed by atoms with E-state index in [9.17, 15) is 0 Å². The Balaban J connectivity index is 1.92. The summed E-state index contributed by atoms with van der Waals surface area (Å²) < 4.78 is 0. The molecular formula is C13H27N. The van der Waals surface area contributed by atoms with E-state index in [0.29, 0.717) is 6.04 Å². The summed E-state index contributed by atoms with van der Waals surface area (Å²) in [7, 11) is 0. The van der Waals surface area contributed by atoms with Crippen LogP contribution in [0.15, 0.2) is 0 Å². The van der Waals surface area contributed by atoms with Gasteiger partial charge in [-0.05, 0) is 30.7 Å². The van der Waals surface area contributed by atoms with Crippen molar-refractivity contribution in [3.63, 3.8) is 0 Å². The van der Waals surface area contributed by atoms with Gasteiger partial charge in [0.15, 0.2) is 0 Å². The van der Waals surface area contributed by atoms with Crippen LogP contribution in [0.1, 0.15) is 53.4 Å². The second-order valence-corrected chi connectivity index (χ2v) is 5.64. The van der Waals surface area contributed by atoms with Crippen LogP contribution >= 0.6 is 0 Å². The first-order valence-electron chi connectivity index (χ1n) is 6.33. The Kier molecular flexibility index (Phi) is 4.94. The fourth-order valence-corrected chi connectivity index (χ4v) is 2.09. The van der Waals surface area contributed by atoms with E-state index in [1.54, 1.807) is 0 Å². The molecule has 2 atom stereocenters. The topological polar surface area (TPSA) is 12.0 Å². The summed E-state index contributed by atoms with van der Waals surface area (Å²) in [6.07, 6.45) is 5.82. The van der Waals surface area contributed by atoms with Gasteiger partial charge in [0.1, 0.15) is 0 Å². The lowest BCUT2D eigenvalue weighted by atomic mass is 10.0. The van der Waals surface area contributed by atoms with Crippen LogP contribution < -0.4 is 5.32 Å². The number of hydrogen-bond donors (Lipinski definition) is 1. The van der Waals surface area contributed by atoms with Gasteiger partial charge in [-0.25, -0.2) is 0 Å². The molecule has 0 amide bonds. The molecule has 0 aromatic rings. The lowest BCUT2D eigenvalue weighted by Gasteiger charge is -2.07. The summed E-state index contributed by atoms with van der Waals surface area (Å²) in [5.74, 6) is 2.95. The Labute approximate surface area is 89.7 Å². The van der Waals surface area contributed by atoms with E-state index in [4.69, 9.17) is 0 Å². The molecule has 1 rings (SSSR count). The molecule has 0 bridgehead atoms. The zero-order valence-corrected chi connectivity index (χ0v) is 10.3. The van der Waals surface area contributed by atoms with Gasteiger partial charge in [0.05, 0.1) is 0 Å². The fraction of sp³-hybridized carbons (Fsp3) is 1.00. The van der Waals surface area contributed by atoms with Crippen LogP contribution in [0.3, 0.4) is 0 Å². The smallest absolute Gasteiger partial charge is 0.00104 e. The summed E-state index contributed by atoms with van der Waals surface area (Å²) in [6.45, 7) is 10.4. The van der Waals surface area contributed by atoms with Crippen molar-refractivity contribution in [1.82, 2.24) is 5.32 Å². The van der Waals surface area contributed by atoms with Gasteiger partial charge in [-0.15, -0.1) is 0 Å². The second-order valence-electron chi connectivity index (χ2n) is 5.64. The third-order valence-electron chi connectivity index (χ3n) is 3.21. The number of nitrogens with one attached hydrogen (secondary N) is 1. The zero-order valence-electron chi connectivity index (χ0n) is 10.3. The van der Waals surface area contributed by atoms with Gasteiger partial charge >= 0.3 is 0 Å². The summed E-state index contributed by atoms with van der Waals surface area (Å²) in [4.78, 5) is 0. The third kappa shape index (κ3) is 4.99. The molecule has 0 unspecified atom stereocenters. The third-order valence-corrected chi connectivity index (χ3v) is 3.21. The van der Waals surface area contributed by atoms with E-state index < -0.39 is 0 Å². The largest absolute Gasteiger partial charge is 0.314 e. The van der Waals surface area contributed by atoms with Crippen molar-refractivity contribution in [3.05, 3.63) is 0 Å². The van der Waals surface area contributed by atoms with Crippen molar-refractivity contribution in [3.8, 4) is 0 Å². The normalized spacial score (nSPS) is 26.1. The molecule has 0 aromatic heterocycles. The Bertz CT molecular complexity index is 151. The first-order valence-corrected chi connectivity index (χ1v) is 6.33. The van der Waals surface area contributed by atoms with E-state index >= 15 is 0 Å². The predicted octanol–water partition coefficient (Wildman–Crippen LogP) is 3.45. The van der Waals surface area contributed by atoms with E-state index in [-0.39, 0.29) is 0 Å². The van der Waals surface area contributed by atoms with E-state index in [1.807, 2.05) is 0 Å². The van der Waals surface area contributed by atoms with Crippen LogP contribution in [0.5, 0.6) is 0 Å². The maximum absolute atomic E-state index is 3.54. The molecule has 1 nitrogen and oxygen atoms in total. The molecule has 0 spiro atoms. The highest BCUT2D eigenvalue weighted by atomic mass is 14.9. The average Bonchev–Trinajstić information content (AvgIpc) is 2.79. The second kappa shape index (κ2) is 5.75. The molecule has 84 valence electrons. The highest BCUT2D eigenvalue weighted by Gasteiger charge is 2.35. The highest BCUT2D eigenvalue weighted by molar-refractivity contribution is 4.87. The van der Waals surface area contributed by atoms with Crippen molar-refractivity contribution >= 4 is 0 Å². The van der Waals surface area contributed by atoms with Gasteiger partial charge in [-0.3, -0.25) is 0 Å². The Morgan fingerprint density at radius 3 is 2.43 bits per heavy atom. The van der Waals surface area contributed by atoms with Crippen LogP contribution in [0, 0.1) is 17.8 Å². The van der Waals surface area contributed by atoms with Gasteiger partial charge < -0.3 is 5.32 Å². The Morgan fingerprint density at radius 2 is 1.86 bits per heavy atom. The molecule has 0 saturated heterocycles. The van der Waals surface area contributed by atoms with E-state index in [1.165, 1.54) is 32.2 Å². The monoisotopic (exact) mass is 197 g/mol. The molecule has 1 saturated carbocycles. The molecule has 0 radical (unpaired) electrons. The van der Waals surface area contributed by atoms with Crippen molar-refractivity contribution in [2.75, 3.05) is 6.54 Å². The lowest BCUT2D eigenvalue weighted by molar-refractivity contribution is 0.489. The Morgan fingerprint density at radius 1 is 1.14 bits per heavy atom. The van der Waals surface area contributed by atoms with Gasteiger partial charge in [0.25, 0.3) is 0 Å². The lowest BCUT2D eigenvalue weighted by Crippen LogP contribution is -2.25. The van der Waals surface area contributed by atoms with Gasteiger partial charge in [-0.1, -0.05) is 47.0 Å². The molecular weight excluding hydrogens is 170 g/mol. The van der Waals surface area contributed by atoms with Crippen molar-refractivity contribution < 1.29 is 0 Å². The van der Waals surface area contributed by atoms with Crippen LogP contribution in [0.25, 0.3) is 0 Å². The molecule has 1 N–H and O–H groups in total. The van der Waals surface area contributed by atoms with Crippen molar-refractivity contribution in [2.45, 2.75) is 59.4 Å². The molecule has 1 aliphatic rings. The fourth-order valence-electron chi connectivity index (χ4n) is 2.09. The average molecular weight is 197 g/mol. The highest BCUT2D eigenvalue weighted by Crippen LogP contribution is 2.41. The molecule has 0 heterocycles. The van der Waals surface area contributed by atoms with Crippen molar-refractivity contribution in [2.24, 2.45) is 17.8 Å². The molecule has 14 heavy (non-hydrogen) atoms. The molecule has 1 heteroatoms. The minimum Gasteiger partial charge on any atom is -0.314 e. The van der Waals surface area contributed by atoms with Crippen LogP contribution in [0.2, 0.25) is 0 Å².